The molecular weight excluding hydrogens is 280 g/mol. The Hall–Kier alpha value is -0.620. The second-order valence-corrected chi connectivity index (χ2v) is 6.19. The van der Waals surface area contributed by atoms with Gasteiger partial charge in [-0.3, -0.25) is 4.68 Å². The molecule has 0 aromatic carbocycles. The Balaban J connectivity index is 2.19. The summed E-state index contributed by atoms with van der Waals surface area (Å²) in [5, 5.41) is 25.9. The number of methoxy groups -OCH3 is 1. The van der Waals surface area contributed by atoms with Gasteiger partial charge in [0.2, 0.25) is 0 Å². The molecule has 0 saturated heterocycles. The van der Waals surface area contributed by atoms with Crippen LogP contribution in [0.1, 0.15) is 44.4 Å². The molecule has 2 N–H and O–H groups in total. The van der Waals surface area contributed by atoms with Crippen molar-refractivity contribution in [3.63, 3.8) is 0 Å². The lowest BCUT2D eigenvalue weighted by Gasteiger charge is -2.38. The molecule has 0 bridgehead atoms. The van der Waals surface area contributed by atoms with Crippen molar-refractivity contribution < 1.29 is 14.9 Å². The molecule has 1 fully saturated rings. The summed E-state index contributed by atoms with van der Waals surface area (Å²) in [6.45, 7) is 3.15. The van der Waals surface area contributed by atoms with Gasteiger partial charge in [-0.05, 0) is 31.6 Å². The molecule has 5 nitrogen and oxygen atoms in total. The van der Waals surface area contributed by atoms with E-state index in [0.717, 1.165) is 12.8 Å². The highest BCUT2D eigenvalue weighted by Gasteiger charge is 2.41. The van der Waals surface area contributed by atoms with Crippen molar-refractivity contribution in [1.29, 1.82) is 0 Å². The fourth-order valence-corrected chi connectivity index (χ4v) is 3.03. The molecule has 0 spiro atoms. The lowest BCUT2D eigenvalue weighted by molar-refractivity contribution is -0.108. The van der Waals surface area contributed by atoms with Crippen LogP contribution < -0.4 is 0 Å². The average Bonchev–Trinajstić information content (AvgIpc) is 2.80. The Morgan fingerprint density at radius 1 is 1.55 bits per heavy atom. The summed E-state index contributed by atoms with van der Waals surface area (Å²) in [7, 11) is 1.61. The van der Waals surface area contributed by atoms with E-state index in [2.05, 4.69) is 12.0 Å². The summed E-state index contributed by atoms with van der Waals surface area (Å²) in [5.41, 5.74) is -0.623. The van der Waals surface area contributed by atoms with Crippen molar-refractivity contribution in [1.82, 2.24) is 9.78 Å². The van der Waals surface area contributed by atoms with Gasteiger partial charge in [0.25, 0.3) is 0 Å². The first-order valence-corrected chi connectivity index (χ1v) is 7.46. The summed E-state index contributed by atoms with van der Waals surface area (Å²) in [4.78, 5) is 0. The molecule has 114 valence electrons. The number of aromatic nitrogens is 2. The van der Waals surface area contributed by atoms with Crippen molar-refractivity contribution in [3.05, 3.63) is 16.9 Å². The van der Waals surface area contributed by atoms with Crippen LogP contribution in [0.25, 0.3) is 0 Å². The quantitative estimate of drug-likeness (QED) is 0.874. The van der Waals surface area contributed by atoms with Crippen molar-refractivity contribution >= 4 is 11.6 Å². The maximum absolute atomic E-state index is 10.7. The van der Waals surface area contributed by atoms with E-state index < -0.39 is 11.7 Å². The predicted octanol–water partition coefficient (Wildman–Crippen LogP) is 2.16. The number of hydrogen-bond acceptors (Lipinski definition) is 4. The van der Waals surface area contributed by atoms with Gasteiger partial charge in [0.1, 0.15) is 6.10 Å². The summed E-state index contributed by atoms with van der Waals surface area (Å²) in [5.74, 6) is 0.594. The van der Waals surface area contributed by atoms with Crippen LogP contribution in [0.5, 0.6) is 0 Å². The zero-order chi connectivity index (χ0) is 14.8. The summed E-state index contributed by atoms with van der Waals surface area (Å²) >= 11 is 6.13. The predicted molar refractivity (Wildman–Crippen MR) is 76.7 cm³/mol. The SMILES string of the molecule is COCCn1ncc(Cl)c1C(O)C1(O)CCC(C)CC1. The lowest BCUT2D eigenvalue weighted by atomic mass is 9.76. The molecular formula is C14H23ClN2O3. The summed E-state index contributed by atoms with van der Waals surface area (Å²) in [6, 6.07) is 0. The number of rotatable bonds is 5. The van der Waals surface area contributed by atoms with Crippen LogP contribution in [0, 0.1) is 5.92 Å². The Labute approximate surface area is 124 Å². The van der Waals surface area contributed by atoms with Crippen LogP contribution >= 0.6 is 11.6 Å². The van der Waals surface area contributed by atoms with Crippen molar-refractivity contribution in [3.8, 4) is 0 Å². The van der Waals surface area contributed by atoms with Gasteiger partial charge in [-0.25, -0.2) is 0 Å². The molecule has 1 aromatic rings. The van der Waals surface area contributed by atoms with Gasteiger partial charge in [0.05, 0.1) is 35.7 Å². The van der Waals surface area contributed by atoms with Crippen LogP contribution in [0.3, 0.4) is 0 Å². The summed E-state index contributed by atoms with van der Waals surface area (Å²) in [6.07, 6.45) is 3.49. The monoisotopic (exact) mass is 302 g/mol. The van der Waals surface area contributed by atoms with E-state index >= 15 is 0 Å². The Morgan fingerprint density at radius 2 is 2.20 bits per heavy atom. The molecule has 1 unspecified atom stereocenters. The zero-order valence-electron chi connectivity index (χ0n) is 12.0. The highest BCUT2D eigenvalue weighted by atomic mass is 35.5. The van der Waals surface area contributed by atoms with Crippen molar-refractivity contribution in [2.75, 3.05) is 13.7 Å². The van der Waals surface area contributed by atoms with Crippen molar-refractivity contribution in [2.45, 2.75) is 50.9 Å². The molecule has 1 aliphatic rings. The van der Waals surface area contributed by atoms with E-state index in [0.29, 0.717) is 42.6 Å². The van der Waals surface area contributed by atoms with E-state index in [1.165, 1.54) is 6.20 Å². The van der Waals surface area contributed by atoms with E-state index in [-0.39, 0.29) is 0 Å². The first kappa shape index (κ1) is 15.8. The molecule has 1 saturated carbocycles. The van der Waals surface area contributed by atoms with Gasteiger partial charge in [-0.2, -0.15) is 5.10 Å². The van der Waals surface area contributed by atoms with Gasteiger partial charge in [0, 0.05) is 7.11 Å². The second-order valence-electron chi connectivity index (χ2n) is 5.78. The molecule has 1 heterocycles. The molecule has 0 amide bonds. The average molecular weight is 303 g/mol. The van der Waals surface area contributed by atoms with E-state index in [1.807, 2.05) is 0 Å². The molecule has 0 radical (unpaired) electrons. The molecule has 1 aliphatic carbocycles. The maximum atomic E-state index is 10.7. The number of ether oxygens (including phenoxy) is 1. The number of hydrogen-bond donors (Lipinski definition) is 2. The smallest absolute Gasteiger partial charge is 0.126 e. The fraction of sp³-hybridized carbons (Fsp3) is 0.786. The molecule has 6 heteroatoms. The first-order valence-electron chi connectivity index (χ1n) is 7.08. The van der Waals surface area contributed by atoms with E-state index in [1.54, 1.807) is 11.8 Å². The Kier molecular flexibility index (Phi) is 5.07. The maximum Gasteiger partial charge on any atom is 0.126 e. The molecule has 1 aromatic heterocycles. The van der Waals surface area contributed by atoms with Crippen molar-refractivity contribution in [2.24, 2.45) is 5.92 Å². The van der Waals surface area contributed by atoms with Gasteiger partial charge in [-0.1, -0.05) is 18.5 Å². The fourth-order valence-electron chi connectivity index (χ4n) is 2.79. The van der Waals surface area contributed by atoms with Gasteiger partial charge >= 0.3 is 0 Å². The number of aliphatic hydroxyl groups excluding tert-OH is 1. The molecule has 20 heavy (non-hydrogen) atoms. The van der Waals surface area contributed by atoms with Gasteiger partial charge in [-0.15, -0.1) is 0 Å². The molecule has 0 aliphatic heterocycles. The molecule has 2 rings (SSSR count). The van der Waals surface area contributed by atoms with E-state index in [4.69, 9.17) is 16.3 Å². The standard InChI is InChI=1S/C14H23ClN2O3/c1-10-3-5-14(19,6-4-10)13(18)12-11(15)9-16-17(12)7-8-20-2/h9-10,13,18-19H,3-8H2,1-2H3. The third kappa shape index (κ3) is 3.17. The highest BCUT2D eigenvalue weighted by molar-refractivity contribution is 6.31. The number of aliphatic hydroxyl groups is 2. The third-order valence-electron chi connectivity index (χ3n) is 4.25. The number of nitrogens with zero attached hydrogens (tertiary/aromatic N) is 2. The highest BCUT2D eigenvalue weighted by Crippen LogP contribution is 2.41. The topological polar surface area (TPSA) is 67.5 Å². The van der Waals surface area contributed by atoms with Gasteiger partial charge in [0.15, 0.2) is 0 Å². The van der Waals surface area contributed by atoms with Crippen LogP contribution in [0.15, 0.2) is 6.20 Å². The lowest BCUT2D eigenvalue weighted by Crippen LogP contribution is -2.41. The van der Waals surface area contributed by atoms with Gasteiger partial charge < -0.3 is 14.9 Å². The minimum atomic E-state index is -1.11. The zero-order valence-corrected chi connectivity index (χ0v) is 12.8. The van der Waals surface area contributed by atoms with E-state index in [9.17, 15) is 10.2 Å². The minimum absolute atomic E-state index is 0.389. The summed E-state index contributed by atoms with van der Waals surface area (Å²) < 4.78 is 6.64. The Morgan fingerprint density at radius 3 is 2.80 bits per heavy atom. The van der Waals surface area contributed by atoms with Crippen LogP contribution in [0.2, 0.25) is 5.02 Å². The normalized spacial score (nSPS) is 28.6. The van der Waals surface area contributed by atoms with Crippen LogP contribution in [-0.4, -0.2) is 39.3 Å². The largest absolute Gasteiger partial charge is 0.387 e. The second kappa shape index (κ2) is 6.43. The van der Waals surface area contributed by atoms with Crippen LogP contribution in [-0.2, 0) is 11.3 Å². The first-order chi connectivity index (χ1) is 9.48. The minimum Gasteiger partial charge on any atom is -0.387 e. The number of halogens is 1. The molecule has 1 atom stereocenters. The van der Waals surface area contributed by atoms with Crippen LogP contribution in [0.4, 0.5) is 0 Å². The third-order valence-corrected chi connectivity index (χ3v) is 4.54. The Bertz CT molecular complexity index is 442.